The fourth-order valence-corrected chi connectivity index (χ4v) is 2.93. The van der Waals surface area contributed by atoms with E-state index in [0.717, 1.165) is 6.42 Å². The molecule has 0 fully saturated rings. The van der Waals surface area contributed by atoms with Crippen molar-refractivity contribution in [2.24, 2.45) is 0 Å². The summed E-state index contributed by atoms with van der Waals surface area (Å²) in [6.45, 7) is 0. The average molecular weight is 257 g/mol. The second-order valence-corrected chi connectivity index (χ2v) is 5.02. The van der Waals surface area contributed by atoms with Gasteiger partial charge in [0.05, 0.1) is 11.0 Å². The van der Waals surface area contributed by atoms with Gasteiger partial charge in [-0.2, -0.15) is 0 Å². The summed E-state index contributed by atoms with van der Waals surface area (Å²) in [5.74, 6) is 0. The summed E-state index contributed by atoms with van der Waals surface area (Å²) in [7, 11) is 0. The highest BCUT2D eigenvalue weighted by molar-refractivity contribution is 6.10. The number of benzene rings is 2. The van der Waals surface area contributed by atoms with Crippen LogP contribution in [-0.4, -0.2) is 4.57 Å². The Labute approximate surface area is 118 Å². The lowest BCUT2D eigenvalue weighted by Gasteiger charge is -2.08. The maximum Gasteiger partial charge on any atom is 0.0540 e. The van der Waals surface area contributed by atoms with Crippen molar-refractivity contribution in [2.45, 2.75) is 6.42 Å². The number of hydrogen-bond donors (Lipinski definition) is 0. The largest absolute Gasteiger partial charge is 0.310 e. The molecular weight excluding hydrogens is 242 g/mol. The fraction of sp³-hybridized carbons (Fsp3) is 0.0526. The highest BCUT2D eigenvalue weighted by Gasteiger charge is 2.11. The molecule has 0 bridgehead atoms. The Kier molecular flexibility index (Phi) is 2.56. The highest BCUT2D eigenvalue weighted by Crippen LogP contribution is 2.32. The van der Waals surface area contributed by atoms with Crippen molar-refractivity contribution in [3.63, 3.8) is 0 Å². The van der Waals surface area contributed by atoms with Crippen LogP contribution in [0.2, 0.25) is 0 Å². The zero-order valence-corrected chi connectivity index (χ0v) is 11.2. The molecule has 1 nitrogen and oxygen atoms in total. The van der Waals surface area contributed by atoms with E-state index < -0.39 is 0 Å². The van der Waals surface area contributed by atoms with Crippen molar-refractivity contribution >= 4 is 27.5 Å². The first kappa shape index (κ1) is 11.3. The van der Waals surface area contributed by atoms with Gasteiger partial charge in [0.25, 0.3) is 0 Å². The van der Waals surface area contributed by atoms with Crippen LogP contribution in [0.4, 0.5) is 0 Å². The molecule has 0 radical (unpaired) electrons. The van der Waals surface area contributed by atoms with Gasteiger partial charge < -0.3 is 4.57 Å². The Morgan fingerprint density at radius 1 is 0.750 bits per heavy atom. The Morgan fingerprint density at radius 3 is 2.10 bits per heavy atom. The molecule has 0 unspecified atom stereocenters. The van der Waals surface area contributed by atoms with Crippen molar-refractivity contribution in [3.05, 3.63) is 78.9 Å². The molecule has 0 spiro atoms. The van der Waals surface area contributed by atoms with Crippen molar-refractivity contribution < 1.29 is 0 Å². The standard InChI is InChI=1S/C19H15N/c1-2-4-10-15(9-3-1)20-18-13-7-5-11-16(18)17-12-6-8-14-19(17)20/h1-3,5-14H,4H2. The molecule has 96 valence electrons. The molecule has 1 heteroatoms. The molecule has 0 saturated carbocycles. The molecule has 3 aromatic rings. The van der Waals surface area contributed by atoms with Crippen molar-refractivity contribution in [1.82, 2.24) is 4.57 Å². The molecule has 1 heterocycles. The van der Waals surface area contributed by atoms with E-state index in [-0.39, 0.29) is 0 Å². The maximum absolute atomic E-state index is 2.36. The highest BCUT2D eigenvalue weighted by atomic mass is 15.0. The SMILES string of the molecule is C1=CCC=C(n2c3ccccc3c3ccccc32)C=C1. The van der Waals surface area contributed by atoms with Gasteiger partial charge in [-0.15, -0.1) is 0 Å². The Bertz CT molecular complexity index is 822. The van der Waals surface area contributed by atoms with Gasteiger partial charge >= 0.3 is 0 Å². The summed E-state index contributed by atoms with van der Waals surface area (Å²) >= 11 is 0. The third-order valence-corrected chi connectivity index (χ3v) is 3.82. The summed E-state index contributed by atoms with van der Waals surface area (Å²) in [6, 6.07) is 17.2. The van der Waals surface area contributed by atoms with Crippen LogP contribution in [0, 0.1) is 0 Å². The molecule has 0 amide bonds. The number of fused-ring (bicyclic) bond motifs is 3. The minimum Gasteiger partial charge on any atom is -0.310 e. The van der Waals surface area contributed by atoms with E-state index in [1.807, 2.05) is 0 Å². The molecule has 0 saturated heterocycles. The van der Waals surface area contributed by atoms with Crippen LogP contribution in [0.3, 0.4) is 0 Å². The van der Waals surface area contributed by atoms with Crippen molar-refractivity contribution in [2.75, 3.05) is 0 Å². The summed E-state index contributed by atoms with van der Waals surface area (Å²) in [4.78, 5) is 0. The second-order valence-electron chi connectivity index (χ2n) is 5.02. The van der Waals surface area contributed by atoms with Crippen LogP contribution in [0.1, 0.15) is 6.42 Å². The van der Waals surface area contributed by atoms with Gasteiger partial charge in [0, 0.05) is 16.5 Å². The van der Waals surface area contributed by atoms with E-state index in [1.54, 1.807) is 0 Å². The lowest BCUT2D eigenvalue weighted by Crippen LogP contribution is -1.93. The molecule has 0 atom stereocenters. The minimum absolute atomic E-state index is 0.975. The van der Waals surface area contributed by atoms with Crippen LogP contribution in [0.5, 0.6) is 0 Å². The number of allylic oxidation sites excluding steroid dienone is 6. The first-order chi connectivity index (χ1) is 9.95. The summed E-state index contributed by atoms with van der Waals surface area (Å²) < 4.78 is 2.36. The lowest BCUT2D eigenvalue weighted by atomic mass is 10.2. The number of hydrogen-bond acceptors (Lipinski definition) is 0. The number of aromatic nitrogens is 1. The quantitative estimate of drug-likeness (QED) is 0.568. The van der Waals surface area contributed by atoms with Gasteiger partial charge in [0.2, 0.25) is 0 Å². The molecule has 2 aromatic carbocycles. The first-order valence-corrected chi connectivity index (χ1v) is 6.97. The first-order valence-electron chi connectivity index (χ1n) is 6.97. The third-order valence-electron chi connectivity index (χ3n) is 3.82. The summed E-state index contributed by atoms with van der Waals surface area (Å²) in [6.07, 6.45) is 11.8. The van der Waals surface area contributed by atoms with Crippen LogP contribution in [-0.2, 0) is 0 Å². The number of para-hydroxylation sites is 2. The van der Waals surface area contributed by atoms with E-state index in [9.17, 15) is 0 Å². The number of nitrogens with zero attached hydrogens (tertiary/aromatic N) is 1. The van der Waals surface area contributed by atoms with Crippen LogP contribution in [0.15, 0.2) is 78.9 Å². The topological polar surface area (TPSA) is 4.93 Å². The minimum atomic E-state index is 0.975. The summed E-state index contributed by atoms with van der Waals surface area (Å²) in [5, 5.41) is 2.63. The predicted octanol–water partition coefficient (Wildman–Crippen LogP) is 5.15. The molecule has 1 aromatic heterocycles. The third kappa shape index (κ3) is 1.64. The molecule has 20 heavy (non-hydrogen) atoms. The van der Waals surface area contributed by atoms with Gasteiger partial charge in [0.15, 0.2) is 0 Å². The van der Waals surface area contributed by atoms with Gasteiger partial charge in [-0.25, -0.2) is 0 Å². The second kappa shape index (κ2) is 4.53. The van der Waals surface area contributed by atoms with E-state index in [0.29, 0.717) is 0 Å². The number of rotatable bonds is 1. The monoisotopic (exact) mass is 257 g/mol. The Balaban J connectivity index is 2.13. The van der Waals surface area contributed by atoms with Crippen molar-refractivity contribution in [3.8, 4) is 0 Å². The molecule has 0 aliphatic heterocycles. The Morgan fingerprint density at radius 2 is 1.40 bits per heavy atom. The molecule has 1 aliphatic rings. The van der Waals surface area contributed by atoms with Crippen LogP contribution in [0.25, 0.3) is 27.5 Å². The zero-order valence-electron chi connectivity index (χ0n) is 11.2. The molecule has 4 rings (SSSR count). The van der Waals surface area contributed by atoms with Gasteiger partial charge in [-0.3, -0.25) is 0 Å². The predicted molar refractivity (Wildman–Crippen MR) is 86.6 cm³/mol. The van der Waals surface area contributed by atoms with E-state index in [2.05, 4.69) is 83.5 Å². The van der Waals surface area contributed by atoms with Crippen LogP contribution < -0.4 is 0 Å². The smallest absolute Gasteiger partial charge is 0.0540 e. The van der Waals surface area contributed by atoms with E-state index in [1.165, 1.54) is 27.5 Å². The molecule has 0 N–H and O–H groups in total. The zero-order chi connectivity index (χ0) is 13.4. The molecular formula is C19H15N. The Hall–Kier alpha value is -2.54. The van der Waals surface area contributed by atoms with Crippen LogP contribution >= 0.6 is 0 Å². The lowest BCUT2D eigenvalue weighted by molar-refractivity contribution is 1.22. The normalized spacial score (nSPS) is 14.7. The van der Waals surface area contributed by atoms with Gasteiger partial charge in [0.1, 0.15) is 0 Å². The molecule has 1 aliphatic carbocycles. The van der Waals surface area contributed by atoms with Gasteiger partial charge in [-0.1, -0.05) is 60.7 Å². The summed E-state index contributed by atoms with van der Waals surface area (Å²) in [5.41, 5.74) is 3.78. The van der Waals surface area contributed by atoms with Crippen molar-refractivity contribution in [1.29, 1.82) is 0 Å². The maximum atomic E-state index is 2.36. The fourth-order valence-electron chi connectivity index (χ4n) is 2.93. The van der Waals surface area contributed by atoms with E-state index >= 15 is 0 Å². The van der Waals surface area contributed by atoms with E-state index in [4.69, 9.17) is 0 Å². The van der Waals surface area contributed by atoms with Gasteiger partial charge in [-0.05, 0) is 24.6 Å². The average Bonchev–Trinajstić information content (AvgIpc) is 2.65.